The Bertz CT molecular complexity index is 1320. The molecule has 1 aliphatic rings. The highest BCUT2D eigenvalue weighted by Crippen LogP contribution is 2.32. The Morgan fingerprint density at radius 1 is 1.20 bits per heavy atom. The zero-order chi connectivity index (χ0) is 25.3. The van der Waals surface area contributed by atoms with Crippen molar-refractivity contribution < 1.29 is 22.8 Å². The van der Waals surface area contributed by atoms with E-state index in [9.17, 15) is 22.8 Å². The summed E-state index contributed by atoms with van der Waals surface area (Å²) < 4.78 is 39.3. The molecular weight excluding hydrogens is 463 g/mol. The van der Waals surface area contributed by atoms with Crippen molar-refractivity contribution in [1.82, 2.24) is 19.9 Å². The molecule has 182 valence electrons. The van der Waals surface area contributed by atoms with Gasteiger partial charge in [0, 0.05) is 25.3 Å². The van der Waals surface area contributed by atoms with Crippen LogP contribution in [0.2, 0.25) is 0 Å². The highest BCUT2D eigenvalue weighted by atomic mass is 19.4. The highest BCUT2D eigenvalue weighted by molar-refractivity contribution is 5.99. The number of nitriles is 1. The number of nitrogens with two attached hydrogens (primary N) is 1. The van der Waals surface area contributed by atoms with Crippen LogP contribution in [0.15, 0.2) is 36.7 Å². The van der Waals surface area contributed by atoms with Gasteiger partial charge in [-0.25, -0.2) is 4.52 Å². The summed E-state index contributed by atoms with van der Waals surface area (Å²) in [7, 11) is 1.79. The molecule has 3 aromatic heterocycles. The van der Waals surface area contributed by atoms with Gasteiger partial charge in [0.05, 0.1) is 39.9 Å². The third kappa shape index (κ3) is 4.89. The first-order valence-corrected chi connectivity index (χ1v) is 10.9. The SMILES string of the molecule is CN(c1cc(-c2ccc3cc(C#N)cnn23)ncc1C(N)=O)C1CCC(NC(=O)C(F)(F)F)CC1. The van der Waals surface area contributed by atoms with Crippen molar-refractivity contribution in [2.75, 3.05) is 11.9 Å². The third-order valence-corrected chi connectivity index (χ3v) is 6.26. The number of nitrogens with one attached hydrogen (secondary N) is 1. The molecule has 1 aliphatic carbocycles. The molecule has 0 radical (unpaired) electrons. The van der Waals surface area contributed by atoms with Crippen LogP contribution in [0, 0.1) is 11.3 Å². The second-order valence-electron chi connectivity index (χ2n) is 8.45. The van der Waals surface area contributed by atoms with Crippen molar-refractivity contribution in [2.24, 2.45) is 5.73 Å². The second-order valence-corrected chi connectivity index (χ2v) is 8.45. The van der Waals surface area contributed by atoms with Crippen LogP contribution < -0.4 is 16.0 Å². The third-order valence-electron chi connectivity index (χ3n) is 6.26. The topological polar surface area (TPSA) is 129 Å². The summed E-state index contributed by atoms with van der Waals surface area (Å²) in [5.41, 5.74) is 8.63. The van der Waals surface area contributed by atoms with Gasteiger partial charge in [-0.3, -0.25) is 14.6 Å². The van der Waals surface area contributed by atoms with Gasteiger partial charge >= 0.3 is 12.1 Å². The van der Waals surface area contributed by atoms with Gasteiger partial charge in [0.1, 0.15) is 6.07 Å². The number of hydrogen-bond acceptors (Lipinski definition) is 6. The van der Waals surface area contributed by atoms with Crippen molar-refractivity contribution in [3.05, 3.63) is 47.8 Å². The average molecular weight is 485 g/mol. The number of rotatable bonds is 5. The highest BCUT2D eigenvalue weighted by Gasteiger charge is 2.40. The number of hydrogen-bond donors (Lipinski definition) is 2. The van der Waals surface area contributed by atoms with E-state index in [1.807, 2.05) is 16.3 Å². The van der Waals surface area contributed by atoms with Crippen molar-refractivity contribution in [3.63, 3.8) is 0 Å². The monoisotopic (exact) mass is 485 g/mol. The van der Waals surface area contributed by atoms with Gasteiger partial charge < -0.3 is 16.0 Å². The molecule has 2 amide bonds. The Hall–Kier alpha value is -4.14. The number of alkyl halides is 3. The molecule has 4 rings (SSSR count). The van der Waals surface area contributed by atoms with Gasteiger partial charge in [-0.2, -0.15) is 23.5 Å². The Morgan fingerprint density at radius 3 is 2.54 bits per heavy atom. The number of anilines is 1. The number of pyridine rings is 1. The molecule has 3 heterocycles. The lowest BCUT2D eigenvalue weighted by molar-refractivity contribution is -0.174. The predicted molar refractivity (Wildman–Crippen MR) is 120 cm³/mol. The number of carbonyl (C=O) groups excluding carboxylic acids is 2. The van der Waals surface area contributed by atoms with Gasteiger partial charge in [0.2, 0.25) is 0 Å². The fourth-order valence-corrected chi connectivity index (χ4v) is 4.39. The molecule has 35 heavy (non-hydrogen) atoms. The first kappa shape index (κ1) is 24.0. The fraction of sp³-hybridized carbons (Fsp3) is 0.348. The van der Waals surface area contributed by atoms with Crippen molar-refractivity contribution in [1.29, 1.82) is 5.26 Å². The van der Waals surface area contributed by atoms with E-state index >= 15 is 0 Å². The standard InChI is InChI=1S/C23H22F3N7O2/c1-32(15-4-2-14(3-5-15)31-22(35)23(24,25)26)20-9-18(29-12-17(20)21(28)34)19-7-6-16-8-13(10-27)11-30-33(16)19/h6-9,11-12,14-15H,2-5H2,1H3,(H2,28,34)(H,31,35). The summed E-state index contributed by atoms with van der Waals surface area (Å²) in [6.07, 6.45) is -0.307. The molecule has 0 aliphatic heterocycles. The molecule has 0 saturated heterocycles. The van der Waals surface area contributed by atoms with Crippen LogP contribution >= 0.6 is 0 Å². The van der Waals surface area contributed by atoms with Crippen LogP contribution in [0.25, 0.3) is 16.9 Å². The second kappa shape index (κ2) is 9.25. The quantitative estimate of drug-likeness (QED) is 0.572. The van der Waals surface area contributed by atoms with Crippen molar-refractivity contribution >= 4 is 23.0 Å². The molecule has 0 spiro atoms. The Labute approximate surface area is 198 Å². The lowest BCUT2D eigenvalue weighted by Gasteiger charge is -2.37. The van der Waals surface area contributed by atoms with E-state index in [0.29, 0.717) is 53.8 Å². The molecule has 12 heteroatoms. The number of carbonyl (C=O) groups is 2. The average Bonchev–Trinajstić information content (AvgIpc) is 3.26. The number of fused-ring (bicyclic) bond motifs is 1. The Balaban J connectivity index is 1.58. The van der Waals surface area contributed by atoms with Crippen LogP contribution in [0.1, 0.15) is 41.6 Å². The summed E-state index contributed by atoms with van der Waals surface area (Å²) >= 11 is 0. The minimum atomic E-state index is -4.91. The normalized spacial score (nSPS) is 18.1. The smallest absolute Gasteiger partial charge is 0.371 e. The number of amides is 2. The largest absolute Gasteiger partial charge is 0.471 e. The first-order chi connectivity index (χ1) is 16.6. The summed E-state index contributed by atoms with van der Waals surface area (Å²) in [6, 6.07) is 8.41. The number of aromatic nitrogens is 3. The molecular formula is C23H22F3N7O2. The van der Waals surface area contributed by atoms with Crippen LogP contribution in [0.4, 0.5) is 18.9 Å². The summed E-state index contributed by atoms with van der Waals surface area (Å²) in [4.78, 5) is 29.6. The zero-order valence-corrected chi connectivity index (χ0v) is 18.7. The molecule has 0 unspecified atom stereocenters. The van der Waals surface area contributed by atoms with E-state index in [2.05, 4.69) is 10.1 Å². The van der Waals surface area contributed by atoms with Crippen molar-refractivity contribution in [2.45, 2.75) is 43.9 Å². The molecule has 9 nitrogen and oxygen atoms in total. The van der Waals surface area contributed by atoms with E-state index in [1.165, 1.54) is 12.4 Å². The Morgan fingerprint density at radius 2 is 1.91 bits per heavy atom. The van der Waals surface area contributed by atoms with Crippen LogP contribution in [-0.4, -0.2) is 51.7 Å². The minimum Gasteiger partial charge on any atom is -0.371 e. The maximum atomic E-state index is 12.5. The molecule has 1 saturated carbocycles. The predicted octanol–water partition coefficient (Wildman–Crippen LogP) is 2.79. The zero-order valence-electron chi connectivity index (χ0n) is 18.7. The van der Waals surface area contributed by atoms with Gasteiger partial charge in [-0.05, 0) is 49.9 Å². The van der Waals surface area contributed by atoms with Gasteiger partial charge in [0.25, 0.3) is 5.91 Å². The molecule has 0 aromatic carbocycles. The van der Waals surface area contributed by atoms with Gasteiger partial charge in [-0.1, -0.05) is 0 Å². The number of halogens is 3. The van der Waals surface area contributed by atoms with Crippen LogP contribution in [-0.2, 0) is 4.79 Å². The Kier molecular flexibility index (Phi) is 6.34. The first-order valence-electron chi connectivity index (χ1n) is 10.9. The molecule has 3 aromatic rings. The number of primary amides is 1. The minimum absolute atomic E-state index is 0.0808. The van der Waals surface area contributed by atoms with Crippen LogP contribution in [0.3, 0.4) is 0 Å². The van der Waals surface area contributed by atoms with E-state index in [1.54, 1.807) is 35.8 Å². The molecule has 0 bridgehead atoms. The lowest BCUT2D eigenvalue weighted by Crippen LogP contribution is -2.47. The van der Waals surface area contributed by atoms with E-state index in [4.69, 9.17) is 11.0 Å². The van der Waals surface area contributed by atoms with E-state index < -0.39 is 24.0 Å². The maximum Gasteiger partial charge on any atom is 0.471 e. The summed E-state index contributed by atoms with van der Waals surface area (Å²) in [6.45, 7) is 0. The molecule has 1 fully saturated rings. The molecule has 3 N–H and O–H groups in total. The lowest BCUT2D eigenvalue weighted by atomic mass is 9.89. The van der Waals surface area contributed by atoms with E-state index in [0.717, 1.165) is 0 Å². The van der Waals surface area contributed by atoms with E-state index in [-0.39, 0.29) is 11.6 Å². The summed E-state index contributed by atoms with van der Waals surface area (Å²) in [5, 5.41) is 15.4. The van der Waals surface area contributed by atoms with Gasteiger partial charge in [0.15, 0.2) is 0 Å². The summed E-state index contributed by atoms with van der Waals surface area (Å²) in [5.74, 6) is -2.59. The number of nitrogens with zero attached hydrogens (tertiary/aromatic N) is 5. The van der Waals surface area contributed by atoms with Crippen LogP contribution in [0.5, 0.6) is 0 Å². The van der Waals surface area contributed by atoms with Gasteiger partial charge in [-0.15, -0.1) is 0 Å². The molecule has 0 atom stereocenters. The van der Waals surface area contributed by atoms with Crippen molar-refractivity contribution in [3.8, 4) is 17.5 Å². The maximum absolute atomic E-state index is 12.5. The fourth-order valence-electron chi connectivity index (χ4n) is 4.39.